The van der Waals surface area contributed by atoms with E-state index in [1.54, 1.807) is 24.3 Å². The highest BCUT2D eigenvalue weighted by atomic mass is 32.1. The van der Waals surface area contributed by atoms with Crippen LogP contribution in [0, 0.1) is 0 Å². The number of benzene rings is 1. The van der Waals surface area contributed by atoms with Gasteiger partial charge in [0.1, 0.15) is 18.5 Å². The third kappa shape index (κ3) is 3.37. The molecule has 0 fully saturated rings. The number of aliphatic hydroxyl groups is 1. The Bertz CT molecular complexity index is 917. The Labute approximate surface area is 145 Å². The number of aromatic nitrogens is 2. The van der Waals surface area contributed by atoms with Crippen LogP contribution in [0.25, 0.3) is 10.8 Å². The summed E-state index contributed by atoms with van der Waals surface area (Å²) in [6.45, 7) is 0.147. The summed E-state index contributed by atoms with van der Waals surface area (Å²) in [5.74, 6) is 1.41. The van der Waals surface area contributed by atoms with E-state index in [1.165, 1.54) is 11.3 Å². The first-order valence-corrected chi connectivity index (χ1v) is 8.39. The molecule has 1 aliphatic heterocycles. The van der Waals surface area contributed by atoms with Crippen molar-refractivity contribution in [3.05, 3.63) is 46.3 Å². The van der Waals surface area contributed by atoms with E-state index in [0.29, 0.717) is 17.2 Å². The fourth-order valence-electron chi connectivity index (χ4n) is 2.33. The highest BCUT2D eigenvalue weighted by molar-refractivity contribution is 7.13. The lowest BCUT2D eigenvalue weighted by Crippen LogP contribution is -2.29. The molecule has 0 aliphatic carbocycles. The van der Waals surface area contributed by atoms with Crippen molar-refractivity contribution in [2.24, 2.45) is 0 Å². The number of rotatable bonds is 6. The van der Waals surface area contributed by atoms with Crippen LogP contribution in [-0.2, 0) is 6.54 Å². The molecule has 0 radical (unpaired) electrons. The molecule has 1 N–H and O–H groups in total. The van der Waals surface area contributed by atoms with Gasteiger partial charge in [-0.3, -0.25) is 0 Å². The largest absolute Gasteiger partial charge is 0.491 e. The maximum absolute atomic E-state index is 11.8. The molecule has 130 valence electrons. The fraction of sp³-hybridized carbons (Fsp3) is 0.250. The standard InChI is InChI=1S/C16H14N2O6S/c19-10(8-21-11-3-4-12-13(6-11)23-9-22-12)7-18-16(20)24-15(17-18)14-2-1-5-25-14/h1-6,10,19H,7-9H2/t10-/m1/s1. The highest BCUT2D eigenvalue weighted by Gasteiger charge is 2.17. The quantitative estimate of drug-likeness (QED) is 0.713. The normalized spacial score (nSPS) is 13.8. The summed E-state index contributed by atoms with van der Waals surface area (Å²) in [5.41, 5.74) is 0. The SMILES string of the molecule is O=c1oc(-c2cccs2)nn1C[C@@H](O)COc1ccc2c(c1)OCO2. The summed E-state index contributed by atoms with van der Waals surface area (Å²) >= 11 is 1.42. The number of thiophene rings is 1. The Morgan fingerprint density at radius 2 is 2.20 bits per heavy atom. The average Bonchev–Trinajstić information content (AvgIpc) is 3.34. The Morgan fingerprint density at radius 3 is 3.04 bits per heavy atom. The molecule has 1 atom stereocenters. The lowest BCUT2D eigenvalue weighted by molar-refractivity contribution is 0.0874. The van der Waals surface area contributed by atoms with E-state index in [0.717, 1.165) is 9.56 Å². The van der Waals surface area contributed by atoms with Crippen molar-refractivity contribution in [3.63, 3.8) is 0 Å². The van der Waals surface area contributed by atoms with Crippen molar-refractivity contribution in [2.75, 3.05) is 13.4 Å². The van der Waals surface area contributed by atoms with Gasteiger partial charge in [0.15, 0.2) is 11.5 Å². The van der Waals surface area contributed by atoms with Gasteiger partial charge in [0.25, 0.3) is 5.89 Å². The predicted molar refractivity (Wildman–Crippen MR) is 88.1 cm³/mol. The Hall–Kier alpha value is -2.78. The Kier molecular flexibility index (Phi) is 4.16. The van der Waals surface area contributed by atoms with Crippen LogP contribution in [0.5, 0.6) is 17.2 Å². The molecule has 9 heteroatoms. The van der Waals surface area contributed by atoms with Crippen LogP contribution in [0.1, 0.15) is 0 Å². The van der Waals surface area contributed by atoms with Crippen LogP contribution in [0.4, 0.5) is 0 Å². The fourth-order valence-corrected chi connectivity index (χ4v) is 2.98. The van der Waals surface area contributed by atoms with Gasteiger partial charge in [0.2, 0.25) is 6.79 Å². The first-order valence-electron chi connectivity index (χ1n) is 7.51. The molecule has 0 spiro atoms. The Balaban J connectivity index is 1.38. The third-order valence-electron chi connectivity index (χ3n) is 3.51. The van der Waals surface area contributed by atoms with E-state index in [2.05, 4.69) is 5.10 Å². The first-order chi connectivity index (χ1) is 12.2. The van der Waals surface area contributed by atoms with Gasteiger partial charge in [-0.1, -0.05) is 6.07 Å². The molecule has 0 saturated heterocycles. The van der Waals surface area contributed by atoms with Gasteiger partial charge in [-0.15, -0.1) is 16.4 Å². The lowest BCUT2D eigenvalue weighted by atomic mass is 10.3. The van der Waals surface area contributed by atoms with E-state index in [4.69, 9.17) is 18.6 Å². The number of fused-ring (bicyclic) bond motifs is 1. The molecule has 0 amide bonds. The monoisotopic (exact) mass is 362 g/mol. The average molecular weight is 362 g/mol. The van der Waals surface area contributed by atoms with Crippen molar-refractivity contribution in [1.29, 1.82) is 0 Å². The second kappa shape index (κ2) is 6.61. The van der Waals surface area contributed by atoms with E-state index < -0.39 is 11.9 Å². The van der Waals surface area contributed by atoms with Gasteiger partial charge in [0, 0.05) is 6.07 Å². The van der Waals surface area contributed by atoms with Gasteiger partial charge >= 0.3 is 5.76 Å². The van der Waals surface area contributed by atoms with E-state index >= 15 is 0 Å². The maximum Gasteiger partial charge on any atom is 0.437 e. The lowest BCUT2D eigenvalue weighted by Gasteiger charge is -2.11. The molecule has 4 rings (SSSR count). The van der Waals surface area contributed by atoms with Crippen LogP contribution in [0.2, 0.25) is 0 Å². The number of ether oxygens (including phenoxy) is 3. The smallest absolute Gasteiger partial charge is 0.437 e. The molecule has 1 aromatic carbocycles. The number of hydrogen-bond donors (Lipinski definition) is 1. The van der Waals surface area contributed by atoms with Crippen molar-refractivity contribution in [2.45, 2.75) is 12.6 Å². The number of hydrogen-bond acceptors (Lipinski definition) is 8. The van der Waals surface area contributed by atoms with Crippen molar-refractivity contribution < 1.29 is 23.7 Å². The van der Waals surface area contributed by atoms with Gasteiger partial charge in [-0.25, -0.2) is 4.79 Å². The second-order valence-corrected chi connectivity index (χ2v) is 6.26. The molecule has 1 aliphatic rings. The van der Waals surface area contributed by atoms with Crippen molar-refractivity contribution in [1.82, 2.24) is 9.78 Å². The zero-order valence-electron chi connectivity index (χ0n) is 13.0. The summed E-state index contributed by atoms with van der Waals surface area (Å²) in [5, 5.41) is 16.1. The predicted octanol–water partition coefficient (Wildman–Crippen LogP) is 1.73. The zero-order valence-corrected chi connectivity index (χ0v) is 13.8. The van der Waals surface area contributed by atoms with E-state index in [1.807, 2.05) is 11.4 Å². The molecular formula is C16H14N2O6S. The number of aliphatic hydroxyl groups excluding tert-OH is 1. The minimum atomic E-state index is -0.926. The van der Waals surface area contributed by atoms with Crippen LogP contribution in [0.3, 0.4) is 0 Å². The highest BCUT2D eigenvalue weighted by Crippen LogP contribution is 2.35. The summed E-state index contributed by atoms with van der Waals surface area (Å²) in [7, 11) is 0. The van der Waals surface area contributed by atoms with Gasteiger partial charge in [0.05, 0.1) is 11.4 Å². The van der Waals surface area contributed by atoms with Crippen LogP contribution >= 0.6 is 11.3 Å². The molecule has 0 unspecified atom stereocenters. The summed E-state index contributed by atoms with van der Waals surface area (Å²) in [4.78, 5) is 12.6. The minimum absolute atomic E-state index is 0.00667. The van der Waals surface area contributed by atoms with Gasteiger partial charge in [-0.2, -0.15) is 4.68 Å². The van der Waals surface area contributed by atoms with Crippen LogP contribution in [0.15, 0.2) is 44.9 Å². The van der Waals surface area contributed by atoms with E-state index in [-0.39, 0.29) is 25.8 Å². The molecular weight excluding hydrogens is 348 g/mol. The zero-order chi connectivity index (χ0) is 17.2. The van der Waals surface area contributed by atoms with E-state index in [9.17, 15) is 9.90 Å². The molecule has 8 nitrogen and oxygen atoms in total. The molecule has 0 bridgehead atoms. The molecule has 2 aromatic heterocycles. The number of nitrogens with zero attached hydrogens (tertiary/aromatic N) is 2. The van der Waals surface area contributed by atoms with Crippen LogP contribution in [-0.4, -0.2) is 34.4 Å². The summed E-state index contributed by atoms with van der Waals surface area (Å²) < 4.78 is 22.2. The third-order valence-corrected chi connectivity index (χ3v) is 4.37. The second-order valence-electron chi connectivity index (χ2n) is 5.31. The molecule has 3 aromatic rings. The first kappa shape index (κ1) is 15.7. The molecule has 3 heterocycles. The molecule has 0 saturated carbocycles. The minimum Gasteiger partial charge on any atom is -0.491 e. The van der Waals surface area contributed by atoms with Crippen molar-refractivity contribution >= 4 is 11.3 Å². The van der Waals surface area contributed by atoms with Gasteiger partial charge in [-0.05, 0) is 23.6 Å². The molecule has 25 heavy (non-hydrogen) atoms. The summed E-state index contributed by atoms with van der Waals surface area (Å²) in [6, 6.07) is 8.79. The Morgan fingerprint density at radius 1 is 1.32 bits per heavy atom. The van der Waals surface area contributed by atoms with Crippen molar-refractivity contribution in [3.8, 4) is 28.0 Å². The van der Waals surface area contributed by atoms with Crippen LogP contribution < -0.4 is 20.0 Å². The van der Waals surface area contributed by atoms with Gasteiger partial charge < -0.3 is 23.7 Å². The maximum atomic E-state index is 11.8. The summed E-state index contributed by atoms with van der Waals surface area (Å²) in [6.07, 6.45) is -0.926. The topological polar surface area (TPSA) is 96.0 Å².